The number of benzene rings is 2. The van der Waals surface area contributed by atoms with E-state index in [-0.39, 0.29) is 5.28 Å². The quantitative estimate of drug-likeness (QED) is 0.555. The predicted molar refractivity (Wildman–Crippen MR) is 87.9 cm³/mol. The summed E-state index contributed by atoms with van der Waals surface area (Å²) < 4.78 is 0. The van der Waals surface area contributed by atoms with E-state index >= 15 is 0 Å². The molecule has 0 unspecified atom stereocenters. The lowest BCUT2D eigenvalue weighted by molar-refractivity contribution is 1.17. The molecule has 3 rings (SSSR count). The molecule has 21 heavy (non-hydrogen) atoms. The van der Waals surface area contributed by atoms with Gasteiger partial charge in [0.05, 0.1) is 16.9 Å². The molecule has 104 valence electrons. The third-order valence-corrected chi connectivity index (χ3v) is 3.74. The van der Waals surface area contributed by atoms with E-state index in [4.69, 9.17) is 34.8 Å². The monoisotopic (exact) mass is 334 g/mol. The Bertz CT molecular complexity index is 786. The van der Waals surface area contributed by atoms with E-state index in [2.05, 4.69) is 9.97 Å². The molecule has 0 atom stereocenters. The number of nitrogens with zero attached hydrogens (tertiary/aromatic N) is 2. The normalized spacial score (nSPS) is 10.6. The Labute approximate surface area is 137 Å². The van der Waals surface area contributed by atoms with Crippen molar-refractivity contribution in [1.82, 2.24) is 9.97 Å². The number of rotatable bonds is 2. The average Bonchev–Trinajstić information content (AvgIpc) is 2.50. The number of hydrogen-bond acceptors (Lipinski definition) is 2. The first-order valence-corrected chi connectivity index (χ1v) is 7.31. The molecule has 3 aromatic rings. The van der Waals surface area contributed by atoms with Crippen LogP contribution in [-0.4, -0.2) is 9.97 Å². The molecular formula is C16H9Cl3N2. The molecule has 0 spiro atoms. The molecule has 1 heterocycles. The predicted octanol–water partition coefficient (Wildman–Crippen LogP) is 5.77. The number of halogens is 3. The van der Waals surface area contributed by atoms with Crippen molar-refractivity contribution in [3.63, 3.8) is 0 Å². The van der Waals surface area contributed by atoms with Gasteiger partial charge in [-0.1, -0.05) is 53.5 Å². The van der Waals surface area contributed by atoms with Gasteiger partial charge in [-0.15, -0.1) is 0 Å². The second-order valence-electron chi connectivity index (χ2n) is 4.42. The Morgan fingerprint density at radius 1 is 0.762 bits per heavy atom. The fourth-order valence-corrected chi connectivity index (χ4v) is 2.50. The molecule has 2 aromatic carbocycles. The van der Waals surface area contributed by atoms with Gasteiger partial charge in [-0.3, -0.25) is 0 Å². The highest BCUT2D eigenvalue weighted by Crippen LogP contribution is 2.30. The summed E-state index contributed by atoms with van der Waals surface area (Å²) in [5, 5.41) is 1.35. The average molecular weight is 336 g/mol. The Morgan fingerprint density at radius 3 is 2.24 bits per heavy atom. The summed E-state index contributed by atoms with van der Waals surface area (Å²) >= 11 is 17.9. The molecular weight excluding hydrogens is 327 g/mol. The number of hydrogen-bond donors (Lipinski definition) is 0. The third kappa shape index (κ3) is 3.18. The van der Waals surface area contributed by atoms with Crippen molar-refractivity contribution >= 4 is 34.8 Å². The first kappa shape index (κ1) is 14.3. The van der Waals surface area contributed by atoms with Gasteiger partial charge < -0.3 is 0 Å². The summed E-state index contributed by atoms with van der Waals surface area (Å²) in [6.45, 7) is 0. The van der Waals surface area contributed by atoms with Gasteiger partial charge in [-0.2, -0.15) is 0 Å². The molecule has 0 aliphatic carbocycles. The lowest BCUT2D eigenvalue weighted by Crippen LogP contribution is -1.89. The molecule has 0 saturated carbocycles. The summed E-state index contributed by atoms with van der Waals surface area (Å²) in [4.78, 5) is 8.06. The van der Waals surface area contributed by atoms with E-state index in [1.54, 1.807) is 0 Å². The highest BCUT2D eigenvalue weighted by molar-refractivity contribution is 6.33. The van der Waals surface area contributed by atoms with Gasteiger partial charge in [0, 0.05) is 10.6 Å². The van der Waals surface area contributed by atoms with Crippen LogP contribution in [0.1, 0.15) is 0 Å². The summed E-state index contributed by atoms with van der Waals surface area (Å²) in [6.07, 6.45) is 1.50. The maximum Gasteiger partial charge on any atom is 0.222 e. The molecule has 0 fully saturated rings. The van der Waals surface area contributed by atoms with Crippen molar-refractivity contribution in [2.24, 2.45) is 0 Å². The van der Waals surface area contributed by atoms with Crippen molar-refractivity contribution in [3.05, 3.63) is 70.1 Å². The van der Waals surface area contributed by atoms with Crippen LogP contribution in [0.25, 0.3) is 22.4 Å². The smallest absolute Gasteiger partial charge is 0.222 e. The van der Waals surface area contributed by atoms with E-state index in [1.165, 1.54) is 6.20 Å². The van der Waals surface area contributed by atoms with Crippen molar-refractivity contribution in [2.45, 2.75) is 0 Å². The van der Waals surface area contributed by atoms with E-state index in [1.807, 2.05) is 48.5 Å². The second-order valence-corrected chi connectivity index (χ2v) is 5.60. The summed E-state index contributed by atoms with van der Waals surface area (Å²) in [5.74, 6) is 0. The van der Waals surface area contributed by atoms with Gasteiger partial charge in [-0.05, 0) is 40.9 Å². The Balaban J connectivity index is 2.08. The van der Waals surface area contributed by atoms with Crippen LogP contribution in [0, 0.1) is 0 Å². The van der Waals surface area contributed by atoms with Gasteiger partial charge in [0.1, 0.15) is 0 Å². The van der Waals surface area contributed by atoms with Crippen molar-refractivity contribution in [3.8, 4) is 22.4 Å². The zero-order valence-electron chi connectivity index (χ0n) is 10.7. The van der Waals surface area contributed by atoms with Crippen LogP contribution in [0.4, 0.5) is 0 Å². The topological polar surface area (TPSA) is 25.8 Å². The van der Waals surface area contributed by atoms with Crippen LogP contribution >= 0.6 is 34.8 Å². The van der Waals surface area contributed by atoms with E-state index in [0.29, 0.717) is 15.7 Å². The number of aromatic nitrogens is 2. The van der Waals surface area contributed by atoms with Crippen LogP contribution in [0.3, 0.4) is 0 Å². The van der Waals surface area contributed by atoms with Crippen molar-refractivity contribution in [2.75, 3.05) is 0 Å². The van der Waals surface area contributed by atoms with Gasteiger partial charge in [0.15, 0.2) is 0 Å². The maximum atomic E-state index is 6.15. The van der Waals surface area contributed by atoms with Crippen LogP contribution in [0.15, 0.2) is 54.7 Å². The van der Waals surface area contributed by atoms with Gasteiger partial charge in [0.2, 0.25) is 5.28 Å². The highest BCUT2D eigenvalue weighted by atomic mass is 35.5. The minimum Gasteiger partial charge on any atom is -0.225 e. The van der Waals surface area contributed by atoms with Crippen molar-refractivity contribution < 1.29 is 0 Å². The maximum absolute atomic E-state index is 6.15. The molecule has 0 saturated heterocycles. The molecule has 0 aliphatic rings. The molecule has 0 bridgehead atoms. The molecule has 1 aromatic heterocycles. The van der Waals surface area contributed by atoms with E-state index < -0.39 is 0 Å². The summed E-state index contributed by atoms with van der Waals surface area (Å²) in [5.41, 5.74) is 3.62. The van der Waals surface area contributed by atoms with Crippen molar-refractivity contribution in [1.29, 1.82) is 0 Å². The first-order valence-electron chi connectivity index (χ1n) is 6.18. The van der Waals surface area contributed by atoms with Crippen LogP contribution in [0.5, 0.6) is 0 Å². The lowest BCUT2D eigenvalue weighted by atomic mass is 10.0. The fraction of sp³-hybridized carbons (Fsp3) is 0. The zero-order chi connectivity index (χ0) is 14.8. The molecule has 0 radical (unpaired) electrons. The van der Waals surface area contributed by atoms with Crippen LogP contribution < -0.4 is 0 Å². The summed E-state index contributed by atoms with van der Waals surface area (Å²) in [7, 11) is 0. The third-order valence-electron chi connectivity index (χ3n) is 3.03. The lowest BCUT2D eigenvalue weighted by Gasteiger charge is -2.07. The molecule has 0 aliphatic heterocycles. The minimum atomic E-state index is 0.172. The van der Waals surface area contributed by atoms with E-state index in [9.17, 15) is 0 Å². The van der Waals surface area contributed by atoms with Gasteiger partial charge in [0.25, 0.3) is 0 Å². The summed E-state index contributed by atoms with van der Waals surface area (Å²) in [6, 6.07) is 15.6. The molecule has 2 nitrogen and oxygen atoms in total. The van der Waals surface area contributed by atoms with Gasteiger partial charge >= 0.3 is 0 Å². The Morgan fingerprint density at radius 2 is 1.48 bits per heavy atom. The Hall–Kier alpha value is -1.61. The fourth-order valence-electron chi connectivity index (χ4n) is 2.04. The van der Waals surface area contributed by atoms with E-state index in [0.717, 1.165) is 16.7 Å². The minimum absolute atomic E-state index is 0.172. The van der Waals surface area contributed by atoms with Crippen LogP contribution in [-0.2, 0) is 0 Å². The standard InChI is InChI=1S/C16H9Cl3N2/c17-13-6-4-10(5-7-13)11-2-1-3-12(8-11)15-14(18)9-20-16(19)21-15/h1-9H. The zero-order valence-corrected chi connectivity index (χ0v) is 13.0. The van der Waals surface area contributed by atoms with Gasteiger partial charge in [-0.25, -0.2) is 9.97 Å². The molecule has 0 amide bonds. The SMILES string of the molecule is Clc1ccc(-c2cccc(-c3nc(Cl)ncc3Cl)c2)cc1. The molecule has 0 N–H and O–H groups in total. The molecule has 5 heteroatoms. The second kappa shape index (κ2) is 6.02. The largest absolute Gasteiger partial charge is 0.225 e. The van der Waals surface area contributed by atoms with Crippen LogP contribution in [0.2, 0.25) is 15.3 Å². The first-order chi connectivity index (χ1) is 10.1. The Kier molecular flexibility index (Phi) is 4.11. The highest BCUT2D eigenvalue weighted by Gasteiger charge is 2.08.